The SMILES string of the molecule is C/C=C/C(=O)OC.CCC(=O)OC.COC(=O)CC(C)C(C)C(=O)OC.COC(=O)C[C@@H](C)C(C)C(=O)OC.C[O-].O=C=O.O=C=O.O=C=O.[Na+]. The average Bonchev–Trinajstić information content (AvgIpc) is 3.12. The Morgan fingerprint density at radius 2 is 0.804 bits per heavy atom. The van der Waals surface area contributed by atoms with E-state index in [4.69, 9.17) is 33.9 Å². The van der Waals surface area contributed by atoms with Crippen LogP contribution in [-0.2, 0) is 86.0 Å². The zero-order chi connectivity index (χ0) is 41.7. The number of carbonyl (C=O) groups excluding carboxylic acids is 12. The molecule has 19 nitrogen and oxygen atoms in total. The van der Waals surface area contributed by atoms with Gasteiger partial charge in [-0.05, 0) is 18.8 Å². The number of esters is 6. The Balaban J connectivity index is -0.0000000615. The summed E-state index contributed by atoms with van der Waals surface area (Å²) >= 11 is 0. The molecule has 0 aliphatic rings. The number of hydrogen-bond acceptors (Lipinski definition) is 19. The van der Waals surface area contributed by atoms with E-state index in [-0.39, 0.29) is 120 Å². The summed E-state index contributed by atoms with van der Waals surface area (Å²) in [5.41, 5.74) is 0. The average molecular weight is 751 g/mol. The predicted molar refractivity (Wildman–Crippen MR) is 164 cm³/mol. The van der Waals surface area contributed by atoms with Crippen LogP contribution in [0.4, 0.5) is 0 Å². The Hall–Kier alpha value is -4.34. The summed E-state index contributed by atoms with van der Waals surface area (Å²) < 4.78 is 26.6. The van der Waals surface area contributed by atoms with Crippen molar-refractivity contribution in [2.45, 2.75) is 60.8 Å². The van der Waals surface area contributed by atoms with Crippen LogP contribution >= 0.6 is 0 Å². The van der Waals surface area contributed by atoms with Gasteiger partial charge in [0.25, 0.3) is 0 Å². The fraction of sp³-hybridized carbons (Fsp3) is 0.645. The first kappa shape index (κ1) is 68.6. The Morgan fingerprint density at radius 3 is 0.922 bits per heavy atom. The van der Waals surface area contributed by atoms with Gasteiger partial charge in [-0.1, -0.05) is 40.7 Å². The van der Waals surface area contributed by atoms with E-state index in [1.807, 2.05) is 13.8 Å². The van der Waals surface area contributed by atoms with Crippen molar-refractivity contribution < 1.29 is 121 Å². The van der Waals surface area contributed by atoms with E-state index in [1.165, 1.54) is 48.7 Å². The van der Waals surface area contributed by atoms with Gasteiger partial charge in [-0.15, -0.1) is 0 Å². The minimum Gasteiger partial charge on any atom is -0.857 e. The Labute approximate surface area is 320 Å². The maximum Gasteiger partial charge on any atom is 1.00 e. The zero-order valence-corrected chi connectivity index (χ0v) is 33.8. The number of ether oxygens (including phenoxy) is 6. The summed E-state index contributed by atoms with van der Waals surface area (Å²) in [6.07, 6.45) is 4.70. The first-order chi connectivity index (χ1) is 23.4. The van der Waals surface area contributed by atoms with Crippen molar-refractivity contribution in [3.63, 3.8) is 0 Å². The quantitative estimate of drug-likeness (QED) is 0.0967. The molecule has 51 heavy (non-hydrogen) atoms. The first-order valence-electron chi connectivity index (χ1n) is 13.9. The second-order valence-electron chi connectivity index (χ2n) is 8.34. The molecule has 3 unspecified atom stereocenters. The second-order valence-corrected chi connectivity index (χ2v) is 8.34. The van der Waals surface area contributed by atoms with E-state index in [0.29, 0.717) is 6.42 Å². The Morgan fingerprint density at radius 1 is 0.549 bits per heavy atom. The standard InChI is InChI=1S/2C9H16O4.C5H8O2.C4H8O2.3CO2.CH3O.Na/c2*1-6(5-8(10)12-3)7(2)9(11)13-4;1-3-4-5(6)7-2;1-3-4(5)6-2;3*2-1-3;1-2;/h2*6-7H,5H2,1-4H3;3-4H,1-2H3;3H2,1-2H3;;;;1H3;/q;;;;;;;-1;+1/b;;4-3+;;;;;;/t6-,7?;;;;;;;;/m1......../s1. The molecule has 0 radical (unpaired) electrons. The van der Waals surface area contributed by atoms with E-state index in [0.717, 1.165) is 7.11 Å². The molecular weight excluding hydrogens is 699 g/mol. The second kappa shape index (κ2) is 57.9. The Bertz CT molecular complexity index is 932. The van der Waals surface area contributed by atoms with Crippen molar-refractivity contribution >= 4 is 54.3 Å². The first-order valence-corrected chi connectivity index (χ1v) is 13.9. The van der Waals surface area contributed by atoms with Crippen LogP contribution < -0.4 is 34.7 Å². The molecule has 0 aromatic rings. The molecule has 20 heteroatoms. The third-order valence-electron chi connectivity index (χ3n) is 5.31. The van der Waals surface area contributed by atoms with Crippen LogP contribution in [0.5, 0.6) is 0 Å². The van der Waals surface area contributed by atoms with Crippen LogP contribution in [0.15, 0.2) is 12.2 Å². The normalized spacial score (nSPS) is 10.2. The van der Waals surface area contributed by atoms with Crippen molar-refractivity contribution in [1.82, 2.24) is 0 Å². The van der Waals surface area contributed by atoms with Gasteiger partial charge in [-0.3, -0.25) is 24.0 Å². The van der Waals surface area contributed by atoms with Gasteiger partial charge in [0, 0.05) is 25.3 Å². The smallest absolute Gasteiger partial charge is 0.857 e. The monoisotopic (exact) mass is 750 g/mol. The van der Waals surface area contributed by atoms with E-state index in [9.17, 15) is 28.8 Å². The summed E-state index contributed by atoms with van der Waals surface area (Å²) in [4.78, 5) is 113. The number of rotatable bonds is 10. The van der Waals surface area contributed by atoms with Crippen molar-refractivity contribution in [3.8, 4) is 0 Å². The van der Waals surface area contributed by atoms with Gasteiger partial charge in [0.2, 0.25) is 0 Å². The van der Waals surface area contributed by atoms with Gasteiger partial charge >= 0.3 is 83.8 Å². The molecule has 0 saturated carbocycles. The summed E-state index contributed by atoms with van der Waals surface area (Å²) in [6.45, 7) is 10.6. The molecule has 0 heterocycles. The maximum atomic E-state index is 11.0. The fourth-order valence-electron chi connectivity index (χ4n) is 2.23. The Kier molecular flexibility index (Phi) is 77.9. The molecule has 0 aliphatic carbocycles. The number of allylic oxidation sites excluding steroid dienone is 1. The molecule has 0 aromatic carbocycles. The van der Waals surface area contributed by atoms with Gasteiger partial charge < -0.3 is 33.5 Å². The minimum atomic E-state index is -0.303. The molecule has 4 atom stereocenters. The summed E-state index contributed by atoms with van der Waals surface area (Å²) in [6, 6.07) is 0. The van der Waals surface area contributed by atoms with Crippen molar-refractivity contribution in [2.24, 2.45) is 23.7 Å². The van der Waals surface area contributed by atoms with E-state index in [1.54, 1.807) is 33.8 Å². The summed E-state index contributed by atoms with van der Waals surface area (Å²) in [5, 5.41) is 8.25. The van der Waals surface area contributed by atoms with Crippen LogP contribution in [0, 0.1) is 23.7 Å². The molecule has 0 fully saturated rings. The molecule has 0 spiro atoms. The number of carbonyl (C=O) groups is 6. The molecule has 0 amide bonds. The fourth-order valence-corrected chi connectivity index (χ4v) is 2.23. The topological polar surface area (TPSA) is 283 Å². The molecule has 290 valence electrons. The summed E-state index contributed by atoms with van der Waals surface area (Å²) in [5.74, 6) is -2.31. The van der Waals surface area contributed by atoms with Gasteiger partial charge in [0.05, 0.1) is 54.5 Å². The molecule has 0 aromatic heterocycles. The van der Waals surface area contributed by atoms with Gasteiger partial charge in [-0.25, -0.2) is 4.79 Å². The van der Waals surface area contributed by atoms with Crippen LogP contribution in [-0.4, -0.2) is 104 Å². The van der Waals surface area contributed by atoms with Gasteiger partial charge in [-0.2, -0.15) is 35.9 Å². The van der Waals surface area contributed by atoms with Crippen molar-refractivity contribution in [1.29, 1.82) is 0 Å². The number of hydrogen-bond donors (Lipinski definition) is 0. The van der Waals surface area contributed by atoms with Crippen molar-refractivity contribution in [2.75, 3.05) is 49.8 Å². The third kappa shape index (κ3) is 64.8. The van der Waals surface area contributed by atoms with E-state index in [2.05, 4.69) is 28.4 Å². The number of methoxy groups -OCH3 is 6. The van der Waals surface area contributed by atoms with Gasteiger partial charge in [0.1, 0.15) is 0 Å². The largest absolute Gasteiger partial charge is 1.00 e. The van der Waals surface area contributed by atoms with Crippen molar-refractivity contribution in [3.05, 3.63) is 12.2 Å². The molecule has 0 aliphatic heterocycles. The molecule has 0 saturated heterocycles. The van der Waals surface area contributed by atoms with E-state index < -0.39 is 0 Å². The molecule has 0 N–H and O–H groups in total. The molecule has 0 rings (SSSR count). The maximum absolute atomic E-state index is 11.0. The predicted octanol–water partition coefficient (Wildman–Crippen LogP) is -2.48. The van der Waals surface area contributed by atoms with Crippen LogP contribution in [0.25, 0.3) is 0 Å². The van der Waals surface area contributed by atoms with Crippen LogP contribution in [0.1, 0.15) is 60.8 Å². The molecule has 0 bridgehead atoms. The minimum absolute atomic E-state index is 0. The van der Waals surface area contributed by atoms with Gasteiger partial charge in [0.15, 0.2) is 0 Å². The van der Waals surface area contributed by atoms with Crippen LogP contribution in [0.2, 0.25) is 0 Å². The third-order valence-corrected chi connectivity index (χ3v) is 5.31. The van der Waals surface area contributed by atoms with Crippen LogP contribution in [0.3, 0.4) is 0 Å². The zero-order valence-electron chi connectivity index (χ0n) is 31.8. The van der Waals surface area contributed by atoms with E-state index >= 15 is 0 Å². The summed E-state index contributed by atoms with van der Waals surface area (Å²) in [7, 11) is 8.82. The molecular formula is C31H51NaO19.